The largest absolute Gasteiger partial charge is 0.221 e. The molecule has 0 radical (unpaired) electrons. The molecule has 0 aromatic rings. The molecule has 1 N–H and O–H groups in total. The molecule has 0 aliphatic carbocycles. The van der Waals surface area contributed by atoms with Gasteiger partial charge in [0.15, 0.2) is 0 Å². The van der Waals surface area contributed by atoms with Crippen LogP contribution in [0.2, 0.25) is 0 Å². The van der Waals surface area contributed by atoms with Gasteiger partial charge in [-0.3, -0.25) is 0 Å². The second-order valence-electron chi connectivity index (χ2n) is 6.87. The fourth-order valence-electron chi connectivity index (χ4n) is 3.92. The molecule has 22 heavy (non-hydrogen) atoms. The van der Waals surface area contributed by atoms with E-state index in [4.69, 9.17) is 5.26 Å². The second-order valence-corrected chi connectivity index (χ2v) is 6.87. The van der Waals surface area contributed by atoms with Crippen molar-refractivity contribution in [1.29, 1.82) is 0 Å². The first-order valence-electron chi connectivity index (χ1n) is 9.67. The molecule has 0 heterocycles. The summed E-state index contributed by atoms with van der Waals surface area (Å²) < 4.78 is 0. The average molecular weight is 317 g/mol. The highest BCUT2D eigenvalue weighted by atomic mass is 17.5. The number of rotatable bonds is 17. The standard InChI is InChI=1S/C19H40O3/c1-4-14-19(15-5-2,16-6-3)17-12-10-8-7-9-11-13-18-21-22-20/h20H,4-18H2,1-3H3. The molecular formula is C19H40O3. The lowest BCUT2D eigenvalue weighted by Crippen LogP contribution is -2.20. The molecule has 0 unspecified atom stereocenters. The van der Waals surface area contributed by atoms with Crippen LogP contribution in [0.25, 0.3) is 0 Å². The molecular weight excluding hydrogens is 276 g/mol. The zero-order valence-corrected chi connectivity index (χ0v) is 15.4. The van der Waals surface area contributed by atoms with Gasteiger partial charge >= 0.3 is 0 Å². The van der Waals surface area contributed by atoms with E-state index in [2.05, 4.69) is 30.7 Å². The highest BCUT2D eigenvalue weighted by molar-refractivity contribution is 4.78. The van der Waals surface area contributed by atoms with Gasteiger partial charge in [0.2, 0.25) is 0 Å². The monoisotopic (exact) mass is 316 g/mol. The zero-order valence-electron chi connectivity index (χ0n) is 15.4. The van der Waals surface area contributed by atoms with Crippen LogP contribution < -0.4 is 0 Å². The Balaban J connectivity index is 3.70. The predicted octanol–water partition coefficient (Wildman–Crippen LogP) is 6.92. The Morgan fingerprint density at radius 2 is 1.09 bits per heavy atom. The van der Waals surface area contributed by atoms with Gasteiger partial charge in [-0.2, -0.15) is 0 Å². The van der Waals surface area contributed by atoms with Crippen LogP contribution in [0.3, 0.4) is 0 Å². The smallest absolute Gasteiger partial charge is 0.0853 e. The fourth-order valence-corrected chi connectivity index (χ4v) is 3.92. The van der Waals surface area contributed by atoms with Crippen LogP contribution in [-0.2, 0) is 9.93 Å². The molecule has 0 aliphatic rings. The van der Waals surface area contributed by atoms with Crippen molar-refractivity contribution in [3.05, 3.63) is 0 Å². The van der Waals surface area contributed by atoms with Crippen molar-refractivity contribution in [2.45, 2.75) is 111 Å². The van der Waals surface area contributed by atoms with Crippen LogP contribution in [0.4, 0.5) is 0 Å². The predicted molar refractivity (Wildman–Crippen MR) is 93.8 cm³/mol. The van der Waals surface area contributed by atoms with Crippen LogP contribution >= 0.6 is 0 Å². The van der Waals surface area contributed by atoms with Crippen molar-refractivity contribution in [2.24, 2.45) is 5.41 Å². The first kappa shape index (κ1) is 21.9. The summed E-state index contributed by atoms with van der Waals surface area (Å²) in [6.07, 6.45) is 18.5. The summed E-state index contributed by atoms with van der Waals surface area (Å²) in [6, 6.07) is 0. The van der Waals surface area contributed by atoms with Crippen molar-refractivity contribution < 1.29 is 15.2 Å². The normalized spacial score (nSPS) is 12.0. The molecule has 0 spiro atoms. The summed E-state index contributed by atoms with van der Waals surface area (Å²) in [4.78, 5) is 4.44. The minimum atomic E-state index is 0.490. The first-order valence-corrected chi connectivity index (χ1v) is 9.67. The second kappa shape index (κ2) is 15.8. The topological polar surface area (TPSA) is 38.7 Å². The number of hydrogen-bond donors (Lipinski definition) is 1. The third kappa shape index (κ3) is 11.4. The molecule has 3 heteroatoms. The highest BCUT2D eigenvalue weighted by Crippen LogP contribution is 2.40. The van der Waals surface area contributed by atoms with Crippen LogP contribution in [0.1, 0.15) is 111 Å². The third-order valence-corrected chi connectivity index (χ3v) is 4.83. The molecule has 0 bridgehead atoms. The number of hydrogen-bond acceptors (Lipinski definition) is 3. The molecule has 0 aliphatic heterocycles. The van der Waals surface area contributed by atoms with Gasteiger partial charge in [0.1, 0.15) is 0 Å². The van der Waals surface area contributed by atoms with E-state index in [-0.39, 0.29) is 0 Å². The molecule has 0 fully saturated rings. The van der Waals surface area contributed by atoms with E-state index in [1.165, 1.54) is 77.0 Å². The van der Waals surface area contributed by atoms with E-state index in [1.54, 1.807) is 0 Å². The van der Waals surface area contributed by atoms with E-state index < -0.39 is 0 Å². The Labute approximate surface area is 138 Å². The van der Waals surface area contributed by atoms with Gasteiger partial charge in [-0.15, -0.1) is 0 Å². The van der Waals surface area contributed by atoms with Crippen LogP contribution in [0.5, 0.6) is 0 Å². The SMILES string of the molecule is CCCC(CCC)(CCC)CCCCCCCCCOOO. The summed E-state index contributed by atoms with van der Waals surface area (Å²) >= 11 is 0. The summed E-state index contributed by atoms with van der Waals surface area (Å²) in [5.74, 6) is 0. The van der Waals surface area contributed by atoms with Gasteiger partial charge in [0.25, 0.3) is 0 Å². The Bertz CT molecular complexity index is 202. The third-order valence-electron chi connectivity index (χ3n) is 4.83. The van der Waals surface area contributed by atoms with Gasteiger partial charge < -0.3 is 0 Å². The quantitative estimate of drug-likeness (QED) is 0.180. The van der Waals surface area contributed by atoms with Crippen molar-refractivity contribution in [3.8, 4) is 0 Å². The van der Waals surface area contributed by atoms with E-state index in [0.29, 0.717) is 12.0 Å². The molecule has 0 rings (SSSR count). The van der Waals surface area contributed by atoms with Gasteiger partial charge in [-0.1, -0.05) is 83.6 Å². The minimum Gasteiger partial charge on any atom is -0.221 e. The summed E-state index contributed by atoms with van der Waals surface area (Å²) in [7, 11) is 0. The zero-order chi connectivity index (χ0) is 16.5. The maximum Gasteiger partial charge on any atom is 0.0853 e. The van der Waals surface area contributed by atoms with Crippen molar-refractivity contribution in [1.82, 2.24) is 0 Å². The fraction of sp³-hybridized carbons (Fsp3) is 1.00. The van der Waals surface area contributed by atoms with Crippen LogP contribution in [0, 0.1) is 5.41 Å². The van der Waals surface area contributed by atoms with Gasteiger partial charge in [0, 0.05) is 0 Å². The Morgan fingerprint density at radius 3 is 1.55 bits per heavy atom. The molecule has 134 valence electrons. The lowest BCUT2D eigenvalue weighted by atomic mass is 9.72. The summed E-state index contributed by atoms with van der Waals surface area (Å²) in [6.45, 7) is 7.51. The molecule has 0 aromatic heterocycles. The van der Waals surface area contributed by atoms with E-state index >= 15 is 0 Å². The van der Waals surface area contributed by atoms with Crippen molar-refractivity contribution >= 4 is 0 Å². The lowest BCUT2D eigenvalue weighted by molar-refractivity contribution is -0.490. The van der Waals surface area contributed by atoms with Gasteiger partial charge in [0.05, 0.1) is 6.61 Å². The van der Waals surface area contributed by atoms with E-state index in [1.807, 2.05) is 0 Å². The maximum absolute atomic E-state index is 8.02. The molecule has 0 amide bonds. The minimum absolute atomic E-state index is 0.490. The molecule has 0 saturated heterocycles. The number of unbranched alkanes of at least 4 members (excludes halogenated alkanes) is 6. The average Bonchev–Trinajstić information content (AvgIpc) is 2.50. The van der Waals surface area contributed by atoms with E-state index in [9.17, 15) is 0 Å². The maximum atomic E-state index is 8.02. The summed E-state index contributed by atoms with van der Waals surface area (Å²) in [5, 5.41) is 11.6. The van der Waals surface area contributed by atoms with Crippen molar-refractivity contribution in [2.75, 3.05) is 6.61 Å². The molecule has 0 saturated carbocycles. The molecule has 0 aromatic carbocycles. The molecule has 3 nitrogen and oxygen atoms in total. The van der Waals surface area contributed by atoms with Gasteiger partial charge in [-0.05, 0) is 37.5 Å². The Morgan fingerprint density at radius 1 is 0.636 bits per heavy atom. The first-order chi connectivity index (χ1) is 10.7. The van der Waals surface area contributed by atoms with E-state index in [0.717, 1.165) is 12.8 Å². The summed E-state index contributed by atoms with van der Waals surface area (Å²) in [5.41, 5.74) is 0.639. The van der Waals surface area contributed by atoms with Gasteiger partial charge in [-0.25, -0.2) is 10.1 Å². The Hall–Kier alpha value is -0.120. The van der Waals surface area contributed by atoms with Crippen molar-refractivity contribution in [3.63, 3.8) is 0 Å². The molecule has 0 atom stereocenters. The lowest BCUT2D eigenvalue weighted by Gasteiger charge is -2.34. The van der Waals surface area contributed by atoms with Crippen LogP contribution in [-0.4, -0.2) is 11.9 Å². The van der Waals surface area contributed by atoms with Crippen LogP contribution in [0.15, 0.2) is 0 Å². The Kier molecular flexibility index (Phi) is 15.7. The highest BCUT2D eigenvalue weighted by Gasteiger charge is 2.26.